The molecule has 2 nitrogen and oxygen atoms in total. The largest absolute Gasteiger partial charge is 0.312 e. The number of carbonyl (C=O) groups excluding carboxylic acids is 1. The summed E-state index contributed by atoms with van der Waals surface area (Å²) in [6, 6.07) is 0. The zero-order valence-corrected chi connectivity index (χ0v) is 10.5. The molecule has 0 aromatic rings. The maximum atomic E-state index is 11.0. The molecule has 1 fully saturated rings. The maximum Gasteiger partial charge on any atom is 0.123 e. The van der Waals surface area contributed by atoms with E-state index in [1.54, 1.807) is 0 Å². The first-order valence-corrected chi connectivity index (χ1v) is 6.13. The molecule has 0 radical (unpaired) electrons. The van der Waals surface area contributed by atoms with Crippen LogP contribution in [0.25, 0.3) is 0 Å². The normalized spacial score (nSPS) is 37.5. The third-order valence-electron chi connectivity index (χ3n) is 3.39. The van der Waals surface area contributed by atoms with E-state index in [1.807, 2.05) is 0 Å². The molecular formula is C13H25NO. The second kappa shape index (κ2) is 5.11. The van der Waals surface area contributed by atoms with Crippen molar-refractivity contribution in [3.05, 3.63) is 0 Å². The highest BCUT2D eigenvalue weighted by molar-refractivity contribution is 5.53. The lowest BCUT2D eigenvalue weighted by molar-refractivity contribution is -0.112. The second-order valence-electron chi connectivity index (χ2n) is 6.05. The zero-order chi connectivity index (χ0) is 11.5. The van der Waals surface area contributed by atoms with Crippen molar-refractivity contribution in [1.82, 2.24) is 5.32 Å². The third kappa shape index (κ3) is 4.33. The lowest BCUT2D eigenvalue weighted by Gasteiger charge is -2.29. The van der Waals surface area contributed by atoms with Crippen LogP contribution in [-0.4, -0.2) is 18.4 Å². The summed E-state index contributed by atoms with van der Waals surface area (Å²) in [6.45, 7) is 10.0. The van der Waals surface area contributed by atoms with Crippen molar-refractivity contribution in [2.24, 2.45) is 17.8 Å². The molecule has 0 aromatic heterocycles. The summed E-state index contributed by atoms with van der Waals surface area (Å²) in [5.74, 6) is 1.50. The molecule has 3 unspecified atom stereocenters. The van der Waals surface area contributed by atoms with Gasteiger partial charge in [-0.25, -0.2) is 0 Å². The van der Waals surface area contributed by atoms with Crippen molar-refractivity contribution < 1.29 is 4.79 Å². The van der Waals surface area contributed by atoms with Crippen LogP contribution < -0.4 is 5.32 Å². The summed E-state index contributed by atoms with van der Waals surface area (Å²) in [4.78, 5) is 11.0. The molecule has 0 bridgehead atoms. The molecule has 0 amide bonds. The lowest BCUT2D eigenvalue weighted by Crippen LogP contribution is -2.42. The minimum Gasteiger partial charge on any atom is -0.312 e. The average molecular weight is 211 g/mol. The van der Waals surface area contributed by atoms with Crippen LogP contribution in [0, 0.1) is 17.8 Å². The van der Waals surface area contributed by atoms with E-state index in [9.17, 15) is 4.79 Å². The molecule has 0 aliphatic carbocycles. The van der Waals surface area contributed by atoms with E-state index in [0.29, 0.717) is 11.8 Å². The number of aldehydes is 1. The molecule has 1 N–H and O–H groups in total. The first-order valence-electron chi connectivity index (χ1n) is 6.13. The van der Waals surface area contributed by atoms with Crippen LogP contribution in [-0.2, 0) is 4.79 Å². The van der Waals surface area contributed by atoms with Gasteiger partial charge in [0.15, 0.2) is 0 Å². The standard InChI is InChI=1S/C13H25NO/c1-10-5-12(9-15)6-11(2)8-14-13(3,4)7-10/h9-12,14H,5-8H2,1-4H3. The van der Waals surface area contributed by atoms with Gasteiger partial charge in [0.05, 0.1) is 0 Å². The highest BCUT2D eigenvalue weighted by Gasteiger charge is 2.26. The van der Waals surface area contributed by atoms with Gasteiger partial charge in [-0.2, -0.15) is 0 Å². The molecule has 0 spiro atoms. The van der Waals surface area contributed by atoms with Gasteiger partial charge in [-0.15, -0.1) is 0 Å². The fourth-order valence-corrected chi connectivity index (χ4v) is 2.80. The van der Waals surface area contributed by atoms with E-state index in [4.69, 9.17) is 0 Å². The predicted molar refractivity (Wildman–Crippen MR) is 63.8 cm³/mol. The summed E-state index contributed by atoms with van der Waals surface area (Å²) < 4.78 is 0. The van der Waals surface area contributed by atoms with Crippen LogP contribution >= 0.6 is 0 Å². The van der Waals surface area contributed by atoms with E-state index in [2.05, 4.69) is 33.0 Å². The number of carbonyl (C=O) groups is 1. The molecule has 3 atom stereocenters. The van der Waals surface area contributed by atoms with E-state index in [0.717, 1.165) is 32.1 Å². The van der Waals surface area contributed by atoms with Gasteiger partial charge < -0.3 is 10.1 Å². The Hall–Kier alpha value is -0.370. The highest BCUT2D eigenvalue weighted by atomic mass is 16.1. The van der Waals surface area contributed by atoms with E-state index >= 15 is 0 Å². The van der Waals surface area contributed by atoms with Crippen LogP contribution in [0.5, 0.6) is 0 Å². The second-order valence-corrected chi connectivity index (χ2v) is 6.05. The molecule has 0 saturated carbocycles. The van der Waals surface area contributed by atoms with Crippen LogP contribution in [0.1, 0.15) is 47.0 Å². The van der Waals surface area contributed by atoms with Crippen LogP contribution in [0.3, 0.4) is 0 Å². The third-order valence-corrected chi connectivity index (χ3v) is 3.39. The SMILES string of the molecule is CC1CNC(C)(C)CC(C)CC(C=O)C1. The Labute approximate surface area is 93.8 Å². The highest BCUT2D eigenvalue weighted by Crippen LogP contribution is 2.27. The maximum absolute atomic E-state index is 11.0. The van der Waals surface area contributed by atoms with Crippen molar-refractivity contribution in [1.29, 1.82) is 0 Å². The van der Waals surface area contributed by atoms with Gasteiger partial charge in [0, 0.05) is 11.5 Å². The van der Waals surface area contributed by atoms with Crippen molar-refractivity contribution >= 4 is 6.29 Å². The average Bonchev–Trinajstić information content (AvgIpc) is 2.16. The van der Waals surface area contributed by atoms with Crippen molar-refractivity contribution in [3.63, 3.8) is 0 Å². The number of hydrogen-bond donors (Lipinski definition) is 1. The van der Waals surface area contributed by atoms with Gasteiger partial charge in [0.1, 0.15) is 6.29 Å². The first kappa shape index (κ1) is 12.7. The van der Waals surface area contributed by atoms with Gasteiger partial charge >= 0.3 is 0 Å². The van der Waals surface area contributed by atoms with Gasteiger partial charge in [-0.3, -0.25) is 0 Å². The summed E-state index contributed by atoms with van der Waals surface area (Å²) in [5, 5.41) is 3.61. The minimum atomic E-state index is 0.214. The van der Waals surface area contributed by atoms with Crippen molar-refractivity contribution in [3.8, 4) is 0 Å². The van der Waals surface area contributed by atoms with Crippen LogP contribution in [0.4, 0.5) is 0 Å². The fraction of sp³-hybridized carbons (Fsp3) is 0.923. The van der Waals surface area contributed by atoms with Gasteiger partial charge in [0.2, 0.25) is 0 Å². The Balaban J connectivity index is 2.67. The summed E-state index contributed by atoms with van der Waals surface area (Å²) >= 11 is 0. The number of nitrogens with one attached hydrogen (secondary N) is 1. The predicted octanol–water partition coefficient (Wildman–Crippen LogP) is 2.63. The van der Waals surface area contributed by atoms with E-state index in [1.165, 1.54) is 0 Å². The lowest BCUT2D eigenvalue weighted by atomic mass is 9.85. The Kier molecular flexibility index (Phi) is 4.32. The van der Waals surface area contributed by atoms with Gasteiger partial charge in [-0.05, 0) is 51.5 Å². The molecule has 1 rings (SSSR count). The van der Waals surface area contributed by atoms with Crippen molar-refractivity contribution in [2.45, 2.75) is 52.5 Å². The van der Waals surface area contributed by atoms with Gasteiger partial charge in [0.25, 0.3) is 0 Å². The summed E-state index contributed by atoms with van der Waals surface area (Å²) in [6.07, 6.45) is 4.41. The topological polar surface area (TPSA) is 29.1 Å². The quantitative estimate of drug-likeness (QED) is 0.676. The zero-order valence-electron chi connectivity index (χ0n) is 10.5. The summed E-state index contributed by atoms with van der Waals surface area (Å²) in [5.41, 5.74) is 0.214. The molecule has 1 aliphatic heterocycles. The molecule has 15 heavy (non-hydrogen) atoms. The Bertz CT molecular complexity index is 213. The minimum absolute atomic E-state index is 0.214. The summed E-state index contributed by atoms with van der Waals surface area (Å²) in [7, 11) is 0. The number of hydrogen-bond acceptors (Lipinski definition) is 2. The molecule has 1 heterocycles. The smallest absolute Gasteiger partial charge is 0.123 e. The van der Waals surface area contributed by atoms with E-state index < -0.39 is 0 Å². The first-order chi connectivity index (χ1) is 6.93. The number of rotatable bonds is 1. The molecule has 2 heteroatoms. The van der Waals surface area contributed by atoms with Gasteiger partial charge in [-0.1, -0.05) is 13.8 Å². The van der Waals surface area contributed by atoms with Crippen molar-refractivity contribution in [2.75, 3.05) is 6.54 Å². The van der Waals surface area contributed by atoms with Crippen LogP contribution in [0.2, 0.25) is 0 Å². The molecule has 1 aliphatic rings. The Morgan fingerprint density at radius 2 is 1.80 bits per heavy atom. The molecular weight excluding hydrogens is 186 g/mol. The monoisotopic (exact) mass is 211 g/mol. The molecule has 88 valence electrons. The molecule has 1 saturated heterocycles. The fourth-order valence-electron chi connectivity index (χ4n) is 2.80. The van der Waals surface area contributed by atoms with Crippen LogP contribution in [0.15, 0.2) is 0 Å². The Morgan fingerprint density at radius 1 is 1.20 bits per heavy atom. The molecule has 0 aromatic carbocycles. The Morgan fingerprint density at radius 3 is 2.40 bits per heavy atom. The van der Waals surface area contributed by atoms with E-state index in [-0.39, 0.29) is 11.5 Å².